The summed E-state index contributed by atoms with van der Waals surface area (Å²) in [5.74, 6) is -0.172. The zero-order valence-electron chi connectivity index (χ0n) is 9.30. The van der Waals surface area contributed by atoms with Gasteiger partial charge in [-0.3, -0.25) is 9.69 Å². The van der Waals surface area contributed by atoms with E-state index in [2.05, 4.69) is 5.32 Å². The number of nitrogens with one attached hydrogen (secondary N) is 1. The lowest BCUT2D eigenvalue weighted by molar-refractivity contribution is -0.122. The minimum Gasteiger partial charge on any atom is -0.508 e. The molecule has 5 nitrogen and oxygen atoms in total. The molecule has 5 heteroatoms. The fraction of sp³-hybridized carbons (Fsp3) is 0.167. The zero-order chi connectivity index (χ0) is 12.4. The van der Waals surface area contributed by atoms with E-state index < -0.39 is 6.03 Å². The second kappa shape index (κ2) is 4.29. The first-order valence-electron chi connectivity index (χ1n) is 5.25. The fourth-order valence-corrected chi connectivity index (χ4v) is 1.60. The van der Waals surface area contributed by atoms with Gasteiger partial charge in [0.05, 0.1) is 0 Å². The Bertz CT molecular complexity index is 491. The SMILES string of the molecule is CCN1C(=O)N/C(=C\c2ccc(O)cc2)C1=O. The molecule has 3 amide bonds. The second-order valence-corrected chi connectivity index (χ2v) is 3.63. The number of nitrogens with zero attached hydrogens (tertiary/aromatic N) is 1. The number of aromatic hydroxyl groups is 1. The molecule has 17 heavy (non-hydrogen) atoms. The Kier molecular flexibility index (Phi) is 2.82. The quantitative estimate of drug-likeness (QED) is 0.596. The van der Waals surface area contributed by atoms with Crippen molar-refractivity contribution in [3.63, 3.8) is 0 Å². The molecule has 1 aromatic carbocycles. The summed E-state index contributed by atoms with van der Waals surface area (Å²) in [7, 11) is 0. The Balaban J connectivity index is 2.27. The molecule has 1 heterocycles. The second-order valence-electron chi connectivity index (χ2n) is 3.63. The number of urea groups is 1. The highest BCUT2D eigenvalue weighted by Crippen LogP contribution is 2.15. The van der Waals surface area contributed by atoms with Gasteiger partial charge in [0.15, 0.2) is 0 Å². The summed E-state index contributed by atoms with van der Waals surface area (Å²) in [6.07, 6.45) is 1.58. The number of imide groups is 1. The summed E-state index contributed by atoms with van der Waals surface area (Å²) < 4.78 is 0. The minimum absolute atomic E-state index is 0.157. The lowest BCUT2D eigenvalue weighted by atomic mass is 10.2. The molecule has 0 bridgehead atoms. The van der Waals surface area contributed by atoms with Crippen LogP contribution in [0, 0.1) is 0 Å². The van der Waals surface area contributed by atoms with E-state index in [1.807, 2.05) is 0 Å². The van der Waals surface area contributed by atoms with E-state index in [1.165, 1.54) is 12.1 Å². The molecule has 0 aliphatic carbocycles. The first-order chi connectivity index (χ1) is 8.11. The van der Waals surface area contributed by atoms with Crippen molar-refractivity contribution in [3.8, 4) is 5.75 Å². The molecule has 0 aromatic heterocycles. The van der Waals surface area contributed by atoms with Crippen molar-refractivity contribution in [2.24, 2.45) is 0 Å². The molecule has 1 aromatic rings. The first-order valence-corrected chi connectivity index (χ1v) is 5.25. The van der Waals surface area contributed by atoms with Crippen molar-refractivity contribution in [2.45, 2.75) is 6.92 Å². The fourth-order valence-electron chi connectivity index (χ4n) is 1.60. The van der Waals surface area contributed by atoms with Gasteiger partial charge >= 0.3 is 6.03 Å². The van der Waals surface area contributed by atoms with Crippen LogP contribution >= 0.6 is 0 Å². The molecular formula is C12H12N2O3. The van der Waals surface area contributed by atoms with Gasteiger partial charge in [-0.15, -0.1) is 0 Å². The molecule has 0 spiro atoms. The summed E-state index contributed by atoms with van der Waals surface area (Å²) in [5, 5.41) is 11.6. The van der Waals surface area contributed by atoms with E-state index in [9.17, 15) is 9.59 Å². The number of hydrogen-bond acceptors (Lipinski definition) is 3. The van der Waals surface area contributed by atoms with Crippen molar-refractivity contribution < 1.29 is 14.7 Å². The number of rotatable bonds is 2. The predicted octanol–water partition coefficient (Wildman–Crippen LogP) is 1.30. The molecule has 2 rings (SSSR count). The van der Waals surface area contributed by atoms with E-state index in [1.54, 1.807) is 25.1 Å². The maximum atomic E-state index is 11.7. The average molecular weight is 232 g/mol. The number of hydrogen-bond donors (Lipinski definition) is 2. The van der Waals surface area contributed by atoms with Crippen molar-refractivity contribution in [3.05, 3.63) is 35.5 Å². The van der Waals surface area contributed by atoms with Crippen LogP contribution in [0.25, 0.3) is 6.08 Å². The first kappa shape index (κ1) is 11.2. The Morgan fingerprint density at radius 2 is 1.94 bits per heavy atom. The molecule has 0 saturated carbocycles. The normalized spacial score (nSPS) is 17.7. The van der Waals surface area contributed by atoms with Gasteiger partial charge < -0.3 is 10.4 Å². The number of carbonyl (C=O) groups excluding carboxylic acids is 2. The molecule has 2 N–H and O–H groups in total. The zero-order valence-corrected chi connectivity index (χ0v) is 9.30. The largest absolute Gasteiger partial charge is 0.508 e. The van der Waals surface area contributed by atoms with Crippen LogP contribution in [0.2, 0.25) is 0 Å². The molecule has 1 aliphatic heterocycles. The molecule has 0 radical (unpaired) electrons. The number of likely N-dealkylation sites (N-methyl/N-ethyl adjacent to an activating group) is 1. The minimum atomic E-state index is -0.400. The predicted molar refractivity (Wildman–Crippen MR) is 62.0 cm³/mol. The number of amides is 3. The van der Waals surface area contributed by atoms with E-state index in [4.69, 9.17) is 5.11 Å². The standard InChI is InChI=1S/C12H12N2O3/c1-2-14-11(16)10(13-12(14)17)7-8-3-5-9(15)6-4-8/h3-7,15H,2H2,1H3,(H,13,17)/b10-7-. The van der Waals surface area contributed by atoms with Crippen LogP contribution < -0.4 is 5.32 Å². The Hall–Kier alpha value is -2.30. The van der Waals surface area contributed by atoms with E-state index >= 15 is 0 Å². The molecule has 1 fully saturated rings. The van der Waals surface area contributed by atoms with Gasteiger partial charge in [-0.05, 0) is 30.7 Å². The van der Waals surface area contributed by atoms with Gasteiger partial charge in [-0.1, -0.05) is 12.1 Å². The summed E-state index contributed by atoms with van der Waals surface area (Å²) in [6.45, 7) is 2.08. The maximum absolute atomic E-state index is 11.7. The lowest BCUT2D eigenvalue weighted by Crippen LogP contribution is -2.30. The number of carbonyl (C=O) groups is 2. The number of benzene rings is 1. The van der Waals surface area contributed by atoms with Crippen LogP contribution in [0.1, 0.15) is 12.5 Å². The Morgan fingerprint density at radius 3 is 2.47 bits per heavy atom. The van der Waals surface area contributed by atoms with Crippen LogP contribution in [-0.2, 0) is 4.79 Å². The summed E-state index contributed by atoms with van der Waals surface area (Å²) >= 11 is 0. The van der Waals surface area contributed by atoms with Gasteiger partial charge in [-0.25, -0.2) is 4.79 Å². The summed E-state index contributed by atoms with van der Waals surface area (Å²) in [4.78, 5) is 24.3. The maximum Gasteiger partial charge on any atom is 0.328 e. The smallest absolute Gasteiger partial charge is 0.328 e. The summed E-state index contributed by atoms with van der Waals surface area (Å²) in [6, 6.07) is 5.96. The number of phenols is 1. The van der Waals surface area contributed by atoms with Crippen molar-refractivity contribution in [2.75, 3.05) is 6.54 Å². The van der Waals surface area contributed by atoms with Gasteiger partial charge in [0.2, 0.25) is 0 Å². The third-order valence-corrected chi connectivity index (χ3v) is 2.48. The van der Waals surface area contributed by atoms with Crippen LogP contribution in [-0.4, -0.2) is 28.5 Å². The van der Waals surface area contributed by atoms with Gasteiger partial charge in [0, 0.05) is 6.54 Å². The van der Waals surface area contributed by atoms with Gasteiger partial charge in [0.1, 0.15) is 11.4 Å². The third kappa shape index (κ3) is 2.13. The van der Waals surface area contributed by atoms with E-state index in [-0.39, 0.29) is 17.4 Å². The Morgan fingerprint density at radius 1 is 1.29 bits per heavy atom. The summed E-state index contributed by atoms with van der Waals surface area (Å²) in [5.41, 5.74) is 0.993. The van der Waals surface area contributed by atoms with Gasteiger partial charge in [0.25, 0.3) is 5.91 Å². The molecule has 0 atom stereocenters. The highest BCUT2D eigenvalue weighted by molar-refractivity contribution is 6.13. The molecule has 1 saturated heterocycles. The van der Waals surface area contributed by atoms with E-state index in [0.29, 0.717) is 6.54 Å². The highest BCUT2D eigenvalue weighted by atomic mass is 16.3. The highest BCUT2D eigenvalue weighted by Gasteiger charge is 2.31. The van der Waals surface area contributed by atoms with Crippen LogP contribution in [0.4, 0.5) is 4.79 Å². The molecule has 88 valence electrons. The van der Waals surface area contributed by atoms with Crippen LogP contribution in [0.3, 0.4) is 0 Å². The van der Waals surface area contributed by atoms with Crippen molar-refractivity contribution in [1.29, 1.82) is 0 Å². The molecule has 1 aliphatic rings. The average Bonchev–Trinajstić information content (AvgIpc) is 2.57. The molecular weight excluding hydrogens is 220 g/mol. The lowest BCUT2D eigenvalue weighted by Gasteiger charge is -2.05. The van der Waals surface area contributed by atoms with Crippen LogP contribution in [0.15, 0.2) is 30.0 Å². The topological polar surface area (TPSA) is 69.6 Å². The van der Waals surface area contributed by atoms with Crippen molar-refractivity contribution >= 4 is 18.0 Å². The number of phenolic OH excluding ortho intramolecular Hbond substituents is 1. The van der Waals surface area contributed by atoms with Gasteiger partial charge in [-0.2, -0.15) is 0 Å². The van der Waals surface area contributed by atoms with E-state index in [0.717, 1.165) is 10.5 Å². The Labute approximate surface area is 98.4 Å². The van der Waals surface area contributed by atoms with Crippen LogP contribution in [0.5, 0.6) is 5.75 Å². The molecule has 0 unspecified atom stereocenters. The monoisotopic (exact) mass is 232 g/mol. The van der Waals surface area contributed by atoms with Crippen molar-refractivity contribution in [1.82, 2.24) is 10.2 Å². The third-order valence-electron chi connectivity index (χ3n) is 2.48.